The summed E-state index contributed by atoms with van der Waals surface area (Å²) in [5.74, 6) is -1.11. The van der Waals surface area contributed by atoms with Crippen LogP contribution in [0.15, 0.2) is 30.6 Å². The maximum atomic E-state index is 12.2. The molecule has 2 rings (SSSR count). The highest BCUT2D eigenvalue weighted by atomic mass is 16.6. The van der Waals surface area contributed by atoms with Crippen LogP contribution in [0, 0.1) is 20.2 Å². The summed E-state index contributed by atoms with van der Waals surface area (Å²) in [5.41, 5.74) is 8.89. The highest BCUT2D eigenvalue weighted by Crippen LogP contribution is 2.28. The molecule has 0 aliphatic carbocycles. The Morgan fingerprint density at radius 3 is 2.25 bits per heavy atom. The molecule has 1 aromatic carbocycles. The Morgan fingerprint density at radius 2 is 1.68 bits per heavy atom. The number of hydrogen-bond donors (Lipinski definition) is 4. The third-order valence-electron chi connectivity index (χ3n) is 3.17. The van der Waals surface area contributed by atoms with Crippen LogP contribution in [0.4, 0.5) is 23.0 Å². The molecule has 4 N–H and O–H groups in total. The van der Waals surface area contributed by atoms with Gasteiger partial charge in [0.25, 0.3) is 11.6 Å². The van der Waals surface area contributed by atoms with Crippen LogP contribution in [0.25, 0.3) is 0 Å². The van der Waals surface area contributed by atoms with Gasteiger partial charge in [-0.1, -0.05) is 6.07 Å². The Labute approximate surface area is 158 Å². The van der Waals surface area contributed by atoms with Crippen molar-refractivity contribution in [2.75, 3.05) is 10.9 Å². The van der Waals surface area contributed by atoms with Crippen molar-refractivity contribution in [3.05, 3.63) is 56.4 Å². The molecule has 13 heteroatoms. The summed E-state index contributed by atoms with van der Waals surface area (Å²) in [5, 5.41) is 22.2. The lowest BCUT2D eigenvalue weighted by Gasteiger charge is -2.21. The van der Waals surface area contributed by atoms with Gasteiger partial charge in [-0.05, 0) is 26.8 Å². The summed E-state index contributed by atoms with van der Waals surface area (Å²) >= 11 is 0. The van der Waals surface area contributed by atoms with Crippen LogP contribution in [-0.2, 0) is 0 Å². The summed E-state index contributed by atoms with van der Waals surface area (Å²) in [6.07, 6.45) is 1.07. The predicted octanol–water partition coefficient (Wildman–Crippen LogP) is 1.76. The van der Waals surface area contributed by atoms with Gasteiger partial charge in [-0.15, -0.1) is 0 Å². The summed E-state index contributed by atoms with van der Waals surface area (Å²) in [6, 6.07) is 5.02. The van der Waals surface area contributed by atoms with E-state index >= 15 is 0 Å². The van der Waals surface area contributed by atoms with Crippen LogP contribution >= 0.6 is 0 Å². The molecule has 0 fully saturated rings. The minimum atomic E-state index is -0.737. The van der Waals surface area contributed by atoms with Gasteiger partial charge >= 0.3 is 5.69 Å². The maximum Gasteiger partial charge on any atom is 0.356 e. The molecule has 1 amide bonds. The fraction of sp³-hybridized carbons (Fsp3) is 0.267. The number of carbonyl (C=O) groups excluding carboxylic acids is 1. The lowest BCUT2D eigenvalue weighted by atomic mass is 10.1. The van der Waals surface area contributed by atoms with Crippen molar-refractivity contribution in [2.24, 2.45) is 0 Å². The van der Waals surface area contributed by atoms with Crippen LogP contribution in [0.1, 0.15) is 31.1 Å². The normalized spacial score (nSPS) is 10.8. The smallest absolute Gasteiger partial charge is 0.299 e. The average molecular weight is 390 g/mol. The van der Waals surface area contributed by atoms with E-state index in [1.165, 1.54) is 18.2 Å². The van der Waals surface area contributed by atoms with Crippen molar-refractivity contribution in [1.82, 2.24) is 20.8 Å². The molecule has 0 aliphatic rings. The molecule has 0 spiro atoms. The first-order chi connectivity index (χ1) is 13.1. The molecule has 0 saturated heterocycles. The first-order valence-electron chi connectivity index (χ1n) is 7.92. The van der Waals surface area contributed by atoms with Crippen molar-refractivity contribution in [3.63, 3.8) is 0 Å². The first-order valence-corrected chi connectivity index (χ1v) is 7.92. The quantitative estimate of drug-likeness (QED) is 0.402. The van der Waals surface area contributed by atoms with Crippen molar-refractivity contribution in [2.45, 2.75) is 26.3 Å². The highest BCUT2D eigenvalue weighted by Gasteiger charge is 2.24. The molecule has 0 saturated carbocycles. The number of nitrogens with one attached hydrogen (secondary N) is 4. The zero-order valence-electron chi connectivity index (χ0n) is 15.2. The number of hydrazine groups is 2. The molecule has 2 aromatic rings. The number of anilines is 2. The van der Waals surface area contributed by atoms with Crippen LogP contribution in [0.2, 0.25) is 0 Å². The van der Waals surface area contributed by atoms with Crippen molar-refractivity contribution >= 4 is 28.9 Å². The second-order valence-electron chi connectivity index (χ2n) is 6.56. The highest BCUT2D eigenvalue weighted by molar-refractivity contribution is 5.95. The maximum absolute atomic E-state index is 12.2. The Bertz CT molecular complexity index is 912. The number of benzene rings is 1. The zero-order chi connectivity index (χ0) is 20.9. The molecule has 0 atom stereocenters. The predicted molar refractivity (Wildman–Crippen MR) is 99.4 cm³/mol. The second kappa shape index (κ2) is 8.22. The van der Waals surface area contributed by atoms with Gasteiger partial charge in [-0.2, -0.15) is 0 Å². The van der Waals surface area contributed by atoms with Gasteiger partial charge in [0.1, 0.15) is 6.33 Å². The third kappa shape index (κ3) is 5.31. The van der Waals surface area contributed by atoms with E-state index in [4.69, 9.17) is 0 Å². The fourth-order valence-electron chi connectivity index (χ4n) is 1.93. The van der Waals surface area contributed by atoms with Crippen LogP contribution in [0.5, 0.6) is 0 Å². The summed E-state index contributed by atoms with van der Waals surface area (Å²) in [4.78, 5) is 40.6. The molecular formula is C15H18N8O5. The molecular weight excluding hydrogens is 372 g/mol. The summed E-state index contributed by atoms with van der Waals surface area (Å²) < 4.78 is 0. The van der Waals surface area contributed by atoms with Gasteiger partial charge < -0.3 is 0 Å². The van der Waals surface area contributed by atoms with Gasteiger partial charge in [-0.3, -0.25) is 41.3 Å². The van der Waals surface area contributed by atoms with Crippen molar-refractivity contribution < 1.29 is 14.6 Å². The summed E-state index contributed by atoms with van der Waals surface area (Å²) in [6.45, 7) is 5.52. The largest absolute Gasteiger partial charge is 0.356 e. The molecule has 148 valence electrons. The summed E-state index contributed by atoms with van der Waals surface area (Å²) in [7, 11) is 0. The fourth-order valence-corrected chi connectivity index (χ4v) is 1.93. The zero-order valence-corrected chi connectivity index (χ0v) is 15.2. The van der Waals surface area contributed by atoms with Gasteiger partial charge in [0.2, 0.25) is 11.6 Å². The number of nitro benzene ring substituents is 1. The van der Waals surface area contributed by atoms with E-state index in [0.717, 1.165) is 12.4 Å². The Hall–Kier alpha value is -3.87. The Balaban J connectivity index is 2.19. The van der Waals surface area contributed by atoms with E-state index in [2.05, 4.69) is 31.7 Å². The molecule has 28 heavy (non-hydrogen) atoms. The average Bonchev–Trinajstić information content (AvgIpc) is 2.63. The molecule has 1 heterocycles. The number of hydrogen-bond acceptors (Lipinski definition) is 10. The lowest BCUT2D eigenvalue weighted by Crippen LogP contribution is -2.40. The van der Waals surface area contributed by atoms with E-state index in [1.807, 2.05) is 20.8 Å². The number of carbonyl (C=O) groups is 1. The van der Waals surface area contributed by atoms with E-state index in [9.17, 15) is 25.0 Å². The first kappa shape index (κ1) is 20.4. The number of aromatic nitrogens is 2. The minimum Gasteiger partial charge on any atom is -0.299 e. The van der Waals surface area contributed by atoms with Gasteiger partial charge in [0, 0.05) is 23.2 Å². The second-order valence-corrected chi connectivity index (χ2v) is 6.56. The van der Waals surface area contributed by atoms with E-state index in [-0.39, 0.29) is 22.9 Å². The van der Waals surface area contributed by atoms with Crippen LogP contribution in [0.3, 0.4) is 0 Å². The molecule has 0 unspecified atom stereocenters. The Morgan fingerprint density at radius 1 is 1.04 bits per heavy atom. The van der Waals surface area contributed by atoms with Crippen LogP contribution < -0.4 is 21.7 Å². The van der Waals surface area contributed by atoms with Gasteiger partial charge in [0.15, 0.2) is 0 Å². The molecule has 0 bridgehead atoms. The SMILES string of the molecule is CC(C)(C)NNc1ncnc(NNC(=O)c2cccc([N+](=O)[O-])c2)c1[N+](=O)[O-]. The van der Waals surface area contributed by atoms with Crippen molar-refractivity contribution in [1.29, 1.82) is 0 Å². The third-order valence-corrected chi connectivity index (χ3v) is 3.17. The van der Waals surface area contributed by atoms with E-state index in [1.54, 1.807) is 0 Å². The number of amides is 1. The lowest BCUT2D eigenvalue weighted by molar-refractivity contribution is -0.384. The molecule has 1 aromatic heterocycles. The van der Waals surface area contributed by atoms with Gasteiger partial charge in [0.05, 0.1) is 9.85 Å². The minimum absolute atomic E-state index is 0.00819. The van der Waals surface area contributed by atoms with Crippen molar-refractivity contribution in [3.8, 4) is 0 Å². The standard InChI is InChI=1S/C15H18N8O5/c1-15(2,3)21-19-13-11(23(27)28)12(16-8-17-13)18-20-14(24)9-5-4-6-10(7-9)22(25)26/h4-8,21H,1-3H3,(H,20,24)(H2,16,17,18,19). The Kier molecular flexibility index (Phi) is 6.00. The number of nitro groups is 2. The van der Waals surface area contributed by atoms with E-state index in [0.29, 0.717) is 0 Å². The molecule has 13 nitrogen and oxygen atoms in total. The molecule has 0 aliphatic heterocycles. The number of non-ortho nitro benzene ring substituents is 1. The van der Waals surface area contributed by atoms with E-state index < -0.39 is 27.0 Å². The number of rotatable bonds is 7. The number of nitrogens with zero attached hydrogens (tertiary/aromatic N) is 4. The molecule has 0 radical (unpaired) electrons. The van der Waals surface area contributed by atoms with Gasteiger partial charge in [-0.25, -0.2) is 15.4 Å². The monoisotopic (exact) mass is 390 g/mol. The topological polar surface area (TPSA) is 177 Å². The van der Waals surface area contributed by atoms with Crippen LogP contribution in [-0.4, -0.2) is 31.3 Å².